The maximum atomic E-state index is 9.64. The first-order chi connectivity index (χ1) is 7.81. The summed E-state index contributed by atoms with van der Waals surface area (Å²) in [6, 6.07) is 11.3. The second-order valence-electron chi connectivity index (χ2n) is 3.86. The second-order valence-corrected chi connectivity index (χ2v) is 3.86. The summed E-state index contributed by atoms with van der Waals surface area (Å²) in [5, 5.41) is 11.5. The van der Waals surface area contributed by atoms with Gasteiger partial charge in [-0.1, -0.05) is 25.5 Å². The van der Waals surface area contributed by atoms with Gasteiger partial charge in [-0.05, 0) is 36.1 Å². The van der Waals surface area contributed by atoms with Gasteiger partial charge in [-0.3, -0.25) is 0 Å². The molecule has 0 saturated carbocycles. The quantitative estimate of drug-likeness (QED) is 0.789. The molecular weight excluding hydrogens is 200 g/mol. The Hall–Kier alpha value is -1.70. The summed E-state index contributed by atoms with van der Waals surface area (Å²) < 4.78 is 5.61. The molecule has 2 nitrogen and oxygen atoms in total. The molecular formula is C14H16O2. The molecule has 0 aliphatic carbocycles. The molecule has 0 radical (unpaired) electrons. The van der Waals surface area contributed by atoms with Gasteiger partial charge in [-0.2, -0.15) is 0 Å². The summed E-state index contributed by atoms with van der Waals surface area (Å²) in [7, 11) is 0. The van der Waals surface area contributed by atoms with Crippen LogP contribution in [-0.4, -0.2) is 11.7 Å². The molecule has 0 aliphatic heterocycles. The average molecular weight is 216 g/mol. The highest BCUT2D eigenvalue weighted by molar-refractivity contribution is 5.89. The fraction of sp³-hybridized carbons (Fsp3) is 0.286. The van der Waals surface area contributed by atoms with Crippen molar-refractivity contribution in [1.82, 2.24) is 0 Å². The Labute approximate surface area is 95.5 Å². The third-order valence-corrected chi connectivity index (χ3v) is 2.60. The Bertz CT molecular complexity index is 477. The Morgan fingerprint density at radius 1 is 1.19 bits per heavy atom. The van der Waals surface area contributed by atoms with Crippen LogP contribution in [0.4, 0.5) is 0 Å². The Kier molecular flexibility index (Phi) is 3.30. The number of ether oxygens (including phenoxy) is 1. The molecule has 0 fully saturated rings. The lowest BCUT2D eigenvalue weighted by atomic mass is 10.1. The second kappa shape index (κ2) is 4.88. The molecule has 0 aromatic heterocycles. The Balaban J connectivity index is 2.23. The van der Waals surface area contributed by atoms with E-state index in [4.69, 9.17) is 4.74 Å². The van der Waals surface area contributed by atoms with Gasteiger partial charge in [-0.25, -0.2) is 0 Å². The minimum absolute atomic E-state index is 0.317. The molecule has 84 valence electrons. The van der Waals surface area contributed by atoms with Crippen molar-refractivity contribution in [1.29, 1.82) is 0 Å². The highest BCUT2D eigenvalue weighted by Gasteiger charge is 2.00. The van der Waals surface area contributed by atoms with Crippen molar-refractivity contribution in [2.45, 2.75) is 19.8 Å². The van der Waals surface area contributed by atoms with E-state index in [0.717, 1.165) is 36.0 Å². The van der Waals surface area contributed by atoms with Gasteiger partial charge in [0.05, 0.1) is 6.61 Å². The zero-order valence-electron chi connectivity index (χ0n) is 9.44. The Morgan fingerprint density at radius 2 is 2.06 bits per heavy atom. The molecule has 2 aromatic rings. The number of phenols is 1. The maximum Gasteiger partial charge on any atom is 0.123 e. The van der Waals surface area contributed by atoms with Crippen molar-refractivity contribution in [3.8, 4) is 11.5 Å². The van der Waals surface area contributed by atoms with Crippen LogP contribution in [0, 0.1) is 0 Å². The van der Waals surface area contributed by atoms with Gasteiger partial charge in [-0.15, -0.1) is 0 Å². The summed E-state index contributed by atoms with van der Waals surface area (Å²) >= 11 is 0. The first kappa shape index (κ1) is 10.8. The van der Waals surface area contributed by atoms with Crippen LogP contribution in [0.5, 0.6) is 11.5 Å². The molecule has 0 bridgehead atoms. The lowest BCUT2D eigenvalue weighted by Crippen LogP contribution is -1.95. The van der Waals surface area contributed by atoms with Crippen LogP contribution < -0.4 is 4.74 Å². The van der Waals surface area contributed by atoms with Crippen LogP contribution in [0.25, 0.3) is 10.8 Å². The van der Waals surface area contributed by atoms with Crippen LogP contribution in [0.15, 0.2) is 36.4 Å². The highest BCUT2D eigenvalue weighted by atomic mass is 16.5. The van der Waals surface area contributed by atoms with Gasteiger partial charge >= 0.3 is 0 Å². The summed E-state index contributed by atoms with van der Waals surface area (Å²) in [6.45, 7) is 2.89. The largest absolute Gasteiger partial charge is 0.507 e. The molecule has 16 heavy (non-hydrogen) atoms. The fourth-order valence-corrected chi connectivity index (χ4v) is 1.67. The van der Waals surface area contributed by atoms with E-state index in [2.05, 4.69) is 6.92 Å². The van der Waals surface area contributed by atoms with Crippen molar-refractivity contribution in [2.75, 3.05) is 6.61 Å². The molecule has 0 saturated heterocycles. The molecule has 0 atom stereocenters. The highest BCUT2D eigenvalue weighted by Crippen LogP contribution is 2.27. The third kappa shape index (κ3) is 2.27. The SMILES string of the molecule is CCCCOc1ccc2c(O)cccc2c1. The summed E-state index contributed by atoms with van der Waals surface area (Å²) in [5.41, 5.74) is 0. The van der Waals surface area contributed by atoms with Gasteiger partial charge in [0.1, 0.15) is 11.5 Å². The standard InChI is InChI=1S/C14H16O2/c1-2-3-9-16-12-7-8-13-11(10-12)5-4-6-14(13)15/h4-8,10,15H,2-3,9H2,1H3. The van der Waals surface area contributed by atoms with Crippen LogP contribution in [0.3, 0.4) is 0 Å². The van der Waals surface area contributed by atoms with E-state index in [9.17, 15) is 5.11 Å². The zero-order valence-corrected chi connectivity index (χ0v) is 9.44. The summed E-state index contributed by atoms with van der Waals surface area (Å²) in [6.07, 6.45) is 2.20. The van der Waals surface area contributed by atoms with Crippen LogP contribution >= 0.6 is 0 Å². The van der Waals surface area contributed by atoms with E-state index >= 15 is 0 Å². The minimum atomic E-state index is 0.317. The average Bonchev–Trinajstić information content (AvgIpc) is 2.30. The number of hydrogen-bond acceptors (Lipinski definition) is 2. The van der Waals surface area contributed by atoms with E-state index in [1.807, 2.05) is 30.3 Å². The predicted octanol–water partition coefficient (Wildman–Crippen LogP) is 3.72. The van der Waals surface area contributed by atoms with Gasteiger partial charge < -0.3 is 9.84 Å². The topological polar surface area (TPSA) is 29.5 Å². The first-order valence-corrected chi connectivity index (χ1v) is 5.66. The smallest absolute Gasteiger partial charge is 0.123 e. The number of phenolic OH excluding ortho intramolecular Hbond substituents is 1. The van der Waals surface area contributed by atoms with Crippen molar-refractivity contribution in [2.24, 2.45) is 0 Å². The number of fused-ring (bicyclic) bond motifs is 1. The molecule has 2 rings (SSSR count). The Morgan fingerprint density at radius 3 is 2.88 bits per heavy atom. The van der Waals surface area contributed by atoms with Crippen molar-refractivity contribution in [3.05, 3.63) is 36.4 Å². The van der Waals surface area contributed by atoms with Crippen molar-refractivity contribution < 1.29 is 9.84 Å². The normalized spacial score (nSPS) is 10.6. The summed E-state index contributed by atoms with van der Waals surface area (Å²) in [4.78, 5) is 0. The fourth-order valence-electron chi connectivity index (χ4n) is 1.67. The molecule has 0 unspecified atom stereocenters. The van der Waals surface area contributed by atoms with E-state index in [1.165, 1.54) is 0 Å². The molecule has 0 aliphatic rings. The predicted molar refractivity (Wildman–Crippen MR) is 66.0 cm³/mol. The molecule has 2 aromatic carbocycles. The molecule has 1 N–H and O–H groups in total. The molecule has 0 amide bonds. The third-order valence-electron chi connectivity index (χ3n) is 2.60. The van der Waals surface area contributed by atoms with Crippen LogP contribution in [0.2, 0.25) is 0 Å². The van der Waals surface area contributed by atoms with Crippen LogP contribution in [-0.2, 0) is 0 Å². The minimum Gasteiger partial charge on any atom is -0.507 e. The number of benzene rings is 2. The number of aromatic hydroxyl groups is 1. The van der Waals surface area contributed by atoms with E-state index in [1.54, 1.807) is 6.07 Å². The first-order valence-electron chi connectivity index (χ1n) is 5.66. The lowest BCUT2D eigenvalue weighted by molar-refractivity contribution is 0.310. The van der Waals surface area contributed by atoms with Crippen LogP contribution in [0.1, 0.15) is 19.8 Å². The van der Waals surface area contributed by atoms with E-state index in [0.29, 0.717) is 5.75 Å². The van der Waals surface area contributed by atoms with Gasteiger partial charge in [0.15, 0.2) is 0 Å². The monoisotopic (exact) mass is 216 g/mol. The van der Waals surface area contributed by atoms with Gasteiger partial charge in [0, 0.05) is 5.39 Å². The number of rotatable bonds is 4. The molecule has 2 heteroatoms. The zero-order chi connectivity index (χ0) is 11.4. The van der Waals surface area contributed by atoms with E-state index < -0.39 is 0 Å². The summed E-state index contributed by atoms with van der Waals surface area (Å²) in [5.74, 6) is 1.18. The molecule has 0 spiro atoms. The molecule has 0 heterocycles. The van der Waals surface area contributed by atoms with Gasteiger partial charge in [0.2, 0.25) is 0 Å². The number of hydrogen-bond donors (Lipinski definition) is 1. The lowest BCUT2D eigenvalue weighted by Gasteiger charge is -2.07. The van der Waals surface area contributed by atoms with E-state index in [-0.39, 0.29) is 0 Å². The van der Waals surface area contributed by atoms with Gasteiger partial charge in [0.25, 0.3) is 0 Å². The maximum absolute atomic E-state index is 9.64. The van der Waals surface area contributed by atoms with Crippen molar-refractivity contribution in [3.63, 3.8) is 0 Å². The van der Waals surface area contributed by atoms with Crippen molar-refractivity contribution >= 4 is 10.8 Å². The number of unbranched alkanes of at least 4 members (excludes halogenated alkanes) is 1.